The van der Waals surface area contributed by atoms with Gasteiger partial charge in [0.05, 0.1) is 0 Å². The molecule has 0 aromatic heterocycles. The first-order valence-corrected chi connectivity index (χ1v) is 6.75. The topological polar surface area (TPSA) is 3.24 Å². The van der Waals surface area contributed by atoms with Gasteiger partial charge in [0, 0.05) is 12.8 Å². The van der Waals surface area contributed by atoms with Crippen molar-refractivity contribution in [1.29, 1.82) is 0 Å². The third kappa shape index (κ3) is 4.53. The summed E-state index contributed by atoms with van der Waals surface area (Å²) >= 11 is 0. The summed E-state index contributed by atoms with van der Waals surface area (Å²) in [6, 6.07) is 5.36. The third-order valence-electron chi connectivity index (χ3n) is 3.80. The predicted octanol–water partition coefficient (Wildman–Crippen LogP) is 3.74. The van der Waals surface area contributed by atoms with E-state index >= 15 is 0 Å². The van der Waals surface area contributed by atoms with Gasteiger partial charge in [-0.3, -0.25) is 0 Å². The lowest BCUT2D eigenvalue weighted by Gasteiger charge is -2.31. The Bertz CT molecular complexity index is 394. The molecule has 0 N–H and O–H groups in total. The highest BCUT2D eigenvalue weighted by molar-refractivity contribution is 5.17. The van der Waals surface area contributed by atoms with Crippen LogP contribution in [0.5, 0.6) is 0 Å². The van der Waals surface area contributed by atoms with E-state index in [0.717, 1.165) is 25.9 Å². The molecule has 1 heterocycles. The van der Waals surface area contributed by atoms with Crippen LogP contribution in [0.2, 0.25) is 0 Å². The Morgan fingerprint density at radius 1 is 1.16 bits per heavy atom. The zero-order chi connectivity index (χ0) is 13.9. The molecule has 0 spiro atoms. The maximum absolute atomic E-state index is 14.0. The Labute approximate surface area is 112 Å². The summed E-state index contributed by atoms with van der Waals surface area (Å²) in [6.45, 7) is 1.80. The Morgan fingerprint density at radius 2 is 1.74 bits per heavy atom. The zero-order valence-electron chi connectivity index (χ0n) is 11.2. The van der Waals surface area contributed by atoms with Crippen molar-refractivity contribution in [3.05, 3.63) is 35.6 Å². The van der Waals surface area contributed by atoms with E-state index in [2.05, 4.69) is 4.90 Å². The molecule has 0 unspecified atom stereocenters. The zero-order valence-corrected chi connectivity index (χ0v) is 11.2. The fourth-order valence-electron chi connectivity index (χ4n) is 2.66. The number of hydrogen-bond acceptors (Lipinski definition) is 1. The summed E-state index contributed by atoms with van der Waals surface area (Å²) in [7, 11) is 2.02. The van der Waals surface area contributed by atoms with Gasteiger partial charge in [-0.2, -0.15) is 0 Å². The van der Waals surface area contributed by atoms with Crippen LogP contribution in [0.1, 0.15) is 24.8 Å². The molecule has 1 aliphatic heterocycles. The second-order valence-corrected chi connectivity index (χ2v) is 5.61. The van der Waals surface area contributed by atoms with Crippen LogP contribution in [-0.4, -0.2) is 31.0 Å². The molecule has 0 amide bonds. The Kier molecular flexibility index (Phi) is 4.50. The Balaban J connectivity index is 1.89. The van der Waals surface area contributed by atoms with Crippen molar-refractivity contribution in [2.45, 2.75) is 31.6 Å². The smallest absolute Gasteiger partial charge is 0.252 e. The molecule has 1 aliphatic rings. The van der Waals surface area contributed by atoms with Crippen LogP contribution >= 0.6 is 0 Å². The lowest BCUT2D eigenvalue weighted by molar-refractivity contribution is -0.0297. The maximum Gasteiger partial charge on any atom is 0.252 e. The number of rotatable bonds is 4. The summed E-state index contributed by atoms with van der Waals surface area (Å²) in [5.74, 6) is -2.98. The summed E-state index contributed by atoms with van der Waals surface area (Å²) in [5.41, 5.74) is 0.499. The highest BCUT2D eigenvalue weighted by Crippen LogP contribution is 2.32. The number of piperidine rings is 1. The maximum atomic E-state index is 14.0. The fourth-order valence-corrected chi connectivity index (χ4v) is 2.66. The van der Waals surface area contributed by atoms with Gasteiger partial charge >= 0.3 is 0 Å². The van der Waals surface area contributed by atoms with Crippen molar-refractivity contribution in [2.75, 3.05) is 20.1 Å². The molecule has 0 atom stereocenters. The first kappa shape index (κ1) is 14.4. The molecule has 19 heavy (non-hydrogen) atoms. The SMILES string of the molecule is CN1CCC(CC(F)(F)Cc2ccc(F)cc2)CC1. The number of benzene rings is 1. The second-order valence-electron chi connectivity index (χ2n) is 5.61. The number of nitrogens with zero attached hydrogens (tertiary/aromatic N) is 1. The molecule has 4 heteroatoms. The molecule has 0 aliphatic carbocycles. The quantitative estimate of drug-likeness (QED) is 0.806. The Morgan fingerprint density at radius 3 is 2.32 bits per heavy atom. The number of alkyl halides is 2. The van der Waals surface area contributed by atoms with Crippen LogP contribution in [0, 0.1) is 11.7 Å². The standard InChI is InChI=1S/C15H20F3N/c1-19-8-6-13(7-9-19)11-15(17,18)10-12-2-4-14(16)5-3-12/h2-5,13H,6-11H2,1H3. The Hall–Kier alpha value is -1.03. The number of hydrogen-bond donors (Lipinski definition) is 0. The van der Waals surface area contributed by atoms with Crippen LogP contribution in [0.25, 0.3) is 0 Å². The van der Waals surface area contributed by atoms with Crippen molar-refractivity contribution < 1.29 is 13.2 Å². The third-order valence-corrected chi connectivity index (χ3v) is 3.80. The predicted molar refractivity (Wildman–Crippen MR) is 69.9 cm³/mol. The largest absolute Gasteiger partial charge is 0.306 e. The summed E-state index contributed by atoms with van der Waals surface area (Å²) < 4.78 is 40.7. The minimum absolute atomic E-state index is 0.0573. The van der Waals surface area contributed by atoms with Gasteiger partial charge in [-0.1, -0.05) is 12.1 Å². The second kappa shape index (κ2) is 5.95. The van der Waals surface area contributed by atoms with E-state index in [-0.39, 0.29) is 24.6 Å². The molecule has 0 saturated carbocycles. The molecular weight excluding hydrogens is 251 g/mol. The van der Waals surface area contributed by atoms with E-state index in [1.807, 2.05) is 7.05 Å². The van der Waals surface area contributed by atoms with Crippen molar-refractivity contribution in [3.63, 3.8) is 0 Å². The minimum atomic E-state index is -2.70. The summed E-state index contributed by atoms with van der Waals surface area (Å²) in [6.07, 6.45) is 1.34. The normalized spacial score (nSPS) is 18.7. The van der Waals surface area contributed by atoms with E-state index in [1.165, 1.54) is 24.3 Å². The average molecular weight is 271 g/mol. The van der Waals surface area contributed by atoms with E-state index in [1.54, 1.807) is 0 Å². The van der Waals surface area contributed by atoms with Crippen molar-refractivity contribution in [3.8, 4) is 0 Å². The monoisotopic (exact) mass is 271 g/mol. The molecule has 1 aromatic rings. The molecule has 1 fully saturated rings. The van der Waals surface area contributed by atoms with Gasteiger partial charge in [0.15, 0.2) is 0 Å². The molecule has 1 saturated heterocycles. The van der Waals surface area contributed by atoms with Gasteiger partial charge in [-0.25, -0.2) is 13.2 Å². The van der Waals surface area contributed by atoms with Gasteiger partial charge in [0.2, 0.25) is 0 Å². The number of halogens is 3. The van der Waals surface area contributed by atoms with Gasteiger partial charge in [0.1, 0.15) is 5.82 Å². The van der Waals surface area contributed by atoms with E-state index in [4.69, 9.17) is 0 Å². The van der Waals surface area contributed by atoms with Gasteiger partial charge in [-0.15, -0.1) is 0 Å². The van der Waals surface area contributed by atoms with Crippen molar-refractivity contribution in [2.24, 2.45) is 5.92 Å². The van der Waals surface area contributed by atoms with Crippen molar-refractivity contribution >= 4 is 0 Å². The molecule has 0 bridgehead atoms. The van der Waals surface area contributed by atoms with E-state index < -0.39 is 5.92 Å². The number of likely N-dealkylation sites (tertiary alicyclic amines) is 1. The highest BCUT2D eigenvalue weighted by Gasteiger charge is 2.33. The minimum Gasteiger partial charge on any atom is -0.306 e. The first-order chi connectivity index (χ1) is 8.94. The highest BCUT2D eigenvalue weighted by atomic mass is 19.3. The van der Waals surface area contributed by atoms with Crippen LogP contribution in [0.15, 0.2) is 24.3 Å². The fraction of sp³-hybridized carbons (Fsp3) is 0.600. The van der Waals surface area contributed by atoms with Gasteiger partial charge < -0.3 is 4.90 Å². The lowest BCUT2D eigenvalue weighted by Crippen LogP contribution is -2.33. The van der Waals surface area contributed by atoms with Crippen LogP contribution in [0.3, 0.4) is 0 Å². The van der Waals surface area contributed by atoms with Crippen molar-refractivity contribution in [1.82, 2.24) is 4.90 Å². The van der Waals surface area contributed by atoms with Gasteiger partial charge in [-0.05, 0) is 56.6 Å². The van der Waals surface area contributed by atoms with Crippen LogP contribution in [0.4, 0.5) is 13.2 Å². The van der Waals surface area contributed by atoms with E-state index in [9.17, 15) is 13.2 Å². The van der Waals surface area contributed by atoms with Gasteiger partial charge in [0.25, 0.3) is 5.92 Å². The summed E-state index contributed by atoms with van der Waals surface area (Å²) in [4.78, 5) is 2.18. The molecule has 2 rings (SSSR count). The summed E-state index contributed by atoms with van der Waals surface area (Å²) in [5, 5.41) is 0. The van der Waals surface area contributed by atoms with Crippen LogP contribution in [-0.2, 0) is 6.42 Å². The average Bonchev–Trinajstić information content (AvgIpc) is 2.34. The van der Waals surface area contributed by atoms with Crippen LogP contribution < -0.4 is 0 Å². The molecule has 1 aromatic carbocycles. The molecule has 0 radical (unpaired) electrons. The molecule has 1 nitrogen and oxygen atoms in total. The lowest BCUT2D eigenvalue weighted by atomic mass is 9.89. The first-order valence-electron chi connectivity index (χ1n) is 6.75. The van der Waals surface area contributed by atoms with E-state index in [0.29, 0.717) is 5.56 Å². The molecule has 106 valence electrons. The molecular formula is C15H20F3N.